The lowest BCUT2D eigenvalue weighted by atomic mass is 9.92. The third-order valence-corrected chi connectivity index (χ3v) is 2.22. The number of nitrogens with one attached hydrogen (secondary N) is 1. The van der Waals surface area contributed by atoms with Crippen molar-refractivity contribution in [3.05, 3.63) is 18.0 Å². The molecule has 0 saturated carbocycles. The van der Waals surface area contributed by atoms with Crippen LogP contribution in [0.15, 0.2) is 12.3 Å². The van der Waals surface area contributed by atoms with Gasteiger partial charge in [-0.3, -0.25) is 10.1 Å². The number of alkyl halides is 1. The molecule has 1 rings (SSSR count). The largest absolute Gasteiger partial charge is 0.293 e. The highest BCUT2D eigenvalue weighted by molar-refractivity contribution is 6.32. The minimum Gasteiger partial charge on any atom is -0.293 e. The van der Waals surface area contributed by atoms with Crippen LogP contribution in [-0.2, 0) is 10.2 Å². The second-order valence-electron chi connectivity index (χ2n) is 4.62. The predicted molar refractivity (Wildman–Crippen MR) is 64.7 cm³/mol. The summed E-state index contributed by atoms with van der Waals surface area (Å²) in [5.41, 5.74) is 0.801. The van der Waals surface area contributed by atoms with Crippen LogP contribution in [0.4, 0.5) is 5.95 Å². The molecule has 1 heterocycles. The van der Waals surface area contributed by atoms with E-state index >= 15 is 0 Å². The molecule has 0 saturated heterocycles. The molecule has 0 aromatic carbocycles. The van der Waals surface area contributed by atoms with Gasteiger partial charge in [0.2, 0.25) is 11.9 Å². The minimum absolute atomic E-state index is 0.0744. The van der Waals surface area contributed by atoms with Crippen molar-refractivity contribution in [2.24, 2.45) is 0 Å². The predicted octanol–water partition coefficient (Wildman–Crippen LogP) is 2.34. The van der Waals surface area contributed by atoms with Crippen LogP contribution >= 0.6 is 11.6 Å². The van der Waals surface area contributed by atoms with Crippen LogP contribution in [0.5, 0.6) is 0 Å². The van der Waals surface area contributed by atoms with Crippen molar-refractivity contribution in [1.29, 1.82) is 0 Å². The fraction of sp³-hybridized carbons (Fsp3) is 0.545. The van der Waals surface area contributed by atoms with Crippen molar-refractivity contribution >= 4 is 23.5 Å². The fourth-order valence-electron chi connectivity index (χ4n) is 1.05. The lowest BCUT2D eigenvalue weighted by Gasteiger charge is -2.17. The molecule has 1 aromatic rings. The standard InChI is InChI=1S/C11H16ClN3O/c1-7(12)9(16)15-10-13-6-5-8(14-10)11(2,3)4/h5-7H,1-4H3,(H,13,14,15,16). The number of halogens is 1. The quantitative estimate of drug-likeness (QED) is 0.809. The van der Waals surface area contributed by atoms with E-state index in [2.05, 4.69) is 15.3 Å². The molecule has 0 fully saturated rings. The number of hydrogen-bond acceptors (Lipinski definition) is 3. The van der Waals surface area contributed by atoms with Crippen molar-refractivity contribution in [3.8, 4) is 0 Å². The zero-order valence-corrected chi connectivity index (χ0v) is 10.7. The first-order valence-electron chi connectivity index (χ1n) is 5.09. The number of carbonyl (C=O) groups excluding carboxylic acids is 1. The summed E-state index contributed by atoms with van der Waals surface area (Å²) in [6, 6.07) is 1.83. The van der Waals surface area contributed by atoms with E-state index in [-0.39, 0.29) is 11.3 Å². The molecular weight excluding hydrogens is 226 g/mol. The fourth-order valence-corrected chi connectivity index (χ4v) is 1.10. The molecule has 5 heteroatoms. The van der Waals surface area contributed by atoms with Crippen LogP contribution in [0.25, 0.3) is 0 Å². The number of anilines is 1. The molecule has 88 valence electrons. The third-order valence-electron chi connectivity index (χ3n) is 2.02. The topological polar surface area (TPSA) is 54.9 Å². The molecule has 1 atom stereocenters. The van der Waals surface area contributed by atoms with E-state index in [1.54, 1.807) is 13.1 Å². The maximum Gasteiger partial charge on any atom is 0.244 e. The van der Waals surface area contributed by atoms with Crippen LogP contribution in [0, 0.1) is 0 Å². The van der Waals surface area contributed by atoms with Gasteiger partial charge >= 0.3 is 0 Å². The number of amides is 1. The summed E-state index contributed by atoms with van der Waals surface area (Å²) in [4.78, 5) is 19.6. The Morgan fingerprint density at radius 2 is 2.12 bits per heavy atom. The summed E-state index contributed by atoms with van der Waals surface area (Å²) in [7, 11) is 0. The molecule has 4 nitrogen and oxygen atoms in total. The molecule has 0 bridgehead atoms. The van der Waals surface area contributed by atoms with Gasteiger partial charge in [-0.25, -0.2) is 9.97 Å². The first kappa shape index (κ1) is 12.9. The summed E-state index contributed by atoms with van der Waals surface area (Å²) in [6.07, 6.45) is 1.63. The van der Waals surface area contributed by atoms with Crippen molar-refractivity contribution in [2.75, 3.05) is 5.32 Å². The van der Waals surface area contributed by atoms with Crippen LogP contribution in [-0.4, -0.2) is 21.3 Å². The Morgan fingerprint density at radius 3 is 2.62 bits per heavy atom. The monoisotopic (exact) mass is 241 g/mol. The molecule has 16 heavy (non-hydrogen) atoms. The Morgan fingerprint density at radius 1 is 1.50 bits per heavy atom. The summed E-state index contributed by atoms with van der Waals surface area (Å²) < 4.78 is 0. The Bertz CT molecular complexity index is 385. The molecular formula is C11H16ClN3O. The Balaban J connectivity index is 2.88. The molecule has 0 aliphatic carbocycles. The van der Waals surface area contributed by atoms with Gasteiger partial charge in [0.1, 0.15) is 5.38 Å². The van der Waals surface area contributed by atoms with E-state index in [1.165, 1.54) is 0 Å². The summed E-state index contributed by atoms with van der Waals surface area (Å²) in [5.74, 6) is -0.00218. The molecule has 0 aliphatic rings. The number of carbonyl (C=O) groups is 1. The van der Waals surface area contributed by atoms with Crippen LogP contribution in [0.1, 0.15) is 33.4 Å². The lowest BCUT2D eigenvalue weighted by Crippen LogP contribution is -2.23. The molecule has 1 amide bonds. The van der Waals surface area contributed by atoms with Gasteiger partial charge in [0.15, 0.2) is 0 Å². The average Bonchev–Trinajstić information content (AvgIpc) is 2.16. The van der Waals surface area contributed by atoms with E-state index in [4.69, 9.17) is 11.6 Å². The molecule has 0 radical (unpaired) electrons. The highest BCUT2D eigenvalue weighted by Crippen LogP contribution is 2.20. The van der Waals surface area contributed by atoms with Crippen molar-refractivity contribution in [3.63, 3.8) is 0 Å². The summed E-state index contributed by atoms with van der Waals surface area (Å²) in [6.45, 7) is 7.74. The lowest BCUT2D eigenvalue weighted by molar-refractivity contribution is -0.115. The number of aromatic nitrogens is 2. The molecule has 0 aliphatic heterocycles. The van der Waals surface area contributed by atoms with E-state index < -0.39 is 5.38 Å². The highest BCUT2D eigenvalue weighted by atomic mass is 35.5. The molecule has 1 unspecified atom stereocenters. The van der Waals surface area contributed by atoms with Gasteiger partial charge in [-0.15, -0.1) is 11.6 Å². The maximum absolute atomic E-state index is 11.4. The average molecular weight is 242 g/mol. The number of rotatable bonds is 2. The van der Waals surface area contributed by atoms with Gasteiger partial charge < -0.3 is 0 Å². The smallest absolute Gasteiger partial charge is 0.244 e. The minimum atomic E-state index is -0.595. The van der Waals surface area contributed by atoms with Gasteiger partial charge in [-0.1, -0.05) is 20.8 Å². The Kier molecular flexibility index (Phi) is 3.86. The maximum atomic E-state index is 11.4. The van der Waals surface area contributed by atoms with Gasteiger partial charge in [0.05, 0.1) is 5.69 Å². The summed E-state index contributed by atoms with van der Waals surface area (Å²) >= 11 is 5.64. The van der Waals surface area contributed by atoms with Crippen molar-refractivity contribution < 1.29 is 4.79 Å². The van der Waals surface area contributed by atoms with Gasteiger partial charge in [-0.2, -0.15) is 0 Å². The zero-order chi connectivity index (χ0) is 12.3. The number of hydrogen-bond donors (Lipinski definition) is 1. The van der Waals surface area contributed by atoms with Crippen LogP contribution in [0.2, 0.25) is 0 Å². The first-order chi connectivity index (χ1) is 7.30. The van der Waals surface area contributed by atoms with E-state index in [9.17, 15) is 4.79 Å². The Labute approximate surface area is 100 Å². The molecule has 1 aromatic heterocycles. The summed E-state index contributed by atoms with van der Waals surface area (Å²) in [5, 5.41) is 1.97. The van der Waals surface area contributed by atoms with Crippen molar-refractivity contribution in [1.82, 2.24) is 9.97 Å². The van der Waals surface area contributed by atoms with E-state index in [0.717, 1.165) is 5.69 Å². The zero-order valence-electron chi connectivity index (χ0n) is 9.91. The second kappa shape index (κ2) is 4.78. The third kappa shape index (κ3) is 3.45. The Hall–Kier alpha value is -1.16. The van der Waals surface area contributed by atoms with Crippen LogP contribution in [0.3, 0.4) is 0 Å². The highest BCUT2D eigenvalue weighted by Gasteiger charge is 2.17. The normalized spacial score (nSPS) is 13.3. The van der Waals surface area contributed by atoms with Crippen molar-refractivity contribution in [2.45, 2.75) is 38.5 Å². The molecule has 0 spiro atoms. The number of nitrogens with zero attached hydrogens (tertiary/aromatic N) is 2. The first-order valence-corrected chi connectivity index (χ1v) is 5.53. The van der Waals surface area contributed by atoms with Gasteiger partial charge in [-0.05, 0) is 13.0 Å². The van der Waals surface area contributed by atoms with E-state index in [0.29, 0.717) is 5.95 Å². The van der Waals surface area contributed by atoms with E-state index in [1.807, 2.05) is 26.8 Å². The molecule has 1 N–H and O–H groups in total. The van der Waals surface area contributed by atoms with Gasteiger partial charge in [0.25, 0.3) is 0 Å². The van der Waals surface area contributed by atoms with Gasteiger partial charge in [0, 0.05) is 11.6 Å². The SMILES string of the molecule is CC(Cl)C(=O)Nc1nccc(C(C)(C)C)n1. The van der Waals surface area contributed by atoms with Crippen LogP contribution < -0.4 is 5.32 Å². The second-order valence-corrected chi connectivity index (χ2v) is 5.28.